The van der Waals surface area contributed by atoms with Crippen molar-refractivity contribution in [2.75, 3.05) is 12.0 Å². The molecule has 0 amide bonds. The highest BCUT2D eigenvalue weighted by Gasteiger charge is 2.51. The summed E-state index contributed by atoms with van der Waals surface area (Å²) in [6, 6.07) is 30.1. The first-order valence-electron chi connectivity index (χ1n) is 11.1. The van der Waals surface area contributed by atoms with Crippen LogP contribution >= 0.6 is 0 Å². The van der Waals surface area contributed by atoms with E-state index < -0.39 is 12.2 Å². The summed E-state index contributed by atoms with van der Waals surface area (Å²) in [7, 11) is 1.42. The fourth-order valence-corrected chi connectivity index (χ4v) is 5.02. The molecular weight excluding hydrogens is 414 g/mol. The maximum Gasteiger partial charge on any atom is 0.318 e. The van der Waals surface area contributed by atoms with Gasteiger partial charge in [0.25, 0.3) is 6.29 Å². The number of carbonyl (C=O) groups excluding carboxylic acids is 1. The zero-order chi connectivity index (χ0) is 22.4. The maximum atomic E-state index is 13.1. The number of methoxy groups -OCH3 is 1. The number of hydrogen-bond acceptors (Lipinski definition) is 5. The normalized spacial score (nSPS) is 20.6. The van der Waals surface area contributed by atoms with Gasteiger partial charge in [-0.2, -0.15) is 0 Å². The number of hydrogen-bond donors (Lipinski definition) is 0. The second kappa shape index (κ2) is 7.85. The smallest absolute Gasteiger partial charge is 0.318 e. The molecule has 0 N–H and O–H groups in total. The lowest BCUT2D eigenvalue weighted by Crippen LogP contribution is -2.48. The second-order valence-corrected chi connectivity index (χ2v) is 8.38. The fourth-order valence-electron chi connectivity index (χ4n) is 5.02. The molecule has 2 aliphatic heterocycles. The van der Waals surface area contributed by atoms with Crippen LogP contribution in [0.4, 0.5) is 5.69 Å². The number of carbonyl (C=O) groups is 1. The number of nitrogens with zero attached hydrogens (tertiary/aromatic N) is 1. The molecule has 2 heterocycles. The molecule has 0 unspecified atom stereocenters. The number of rotatable bonds is 3. The van der Waals surface area contributed by atoms with Crippen LogP contribution in [0.5, 0.6) is 11.5 Å². The van der Waals surface area contributed by atoms with Gasteiger partial charge in [0, 0.05) is 17.5 Å². The molecule has 33 heavy (non-hydrogen) atoms. The summed E-state index contributed by atoms with van der Waals surface area (Å²) >= 11 is 0. The average Bonchev–Trinajstić information content (AvgIpc) is 2.96. The molecule has 0 radical (unpaired) electrons. The topological polar surface area (TPSA) is 48.0 Å². The van der Waals surface area contributed by atoms with Crippen molar-refractivity contribution in [3.05, 3.63) is 102 Å². The first-order chi connectivity index (χ1) is 16.2. The van der Waals surface area contributed by atoms with Gasteiger partial charge in [-0.3, -0.25) is 4.79 Å². The van der Waals surface area contributed by atoms with Gasteiger partial charge in [-0.25, -0.2) is 0 Å². The Hall–Kier alpha value is -3.99. The molecule has 0 saturated heterocycles. The van der Waals surface area contributed by atoms with Gasteiger partial charge in [-0.05, 0) is 23.1 Å². The van der Waals surface area contributed by atoms with Crippen molar-refractivity contribution >= 4 is 22.4 Å². The third-order valence-corrected chi connectivity index (χ3v) is 6.52. The van der Waals surface area contributed by atoms with Gasteiger partial charge in [0.05, 0.1) is 18.8 Å². The van der Waals surface area contributed by atoms with E-state index in [1.165, 1.54) is 7.11 Å². The van der Waals surface area contributed by atoms with Crippen molar-refractivity contribution < 1.29 is 19.0 Å². The summed E-state index contributed by atoms with van der Waals surface area (Å²) in [5, 5.41) is 2.08. The molecule has 4 aromatic rings. The molecule has 2 aliphatic rings. The van der Waals surface area contributed by atoms with Crippen LogP contribution < -0.4 is 14.4 Å². The summed E-state index contributed by atoms with van der Waals surface area (Å²) in [6.45, 7) is 0.609. The molecule has 0 aliphatic carbocycles. The molecule has 5 heteroatoms. The third-order valence-electron chi connectivity index (χ3n) is 6.52. The maximum absolute atomic E-state index is 13.1. The van der Waals surface area contributed by atoms with E-state index in [0.29, 0.717) is 12.3 Å². The minimum Gasteiger partial charge on any atom is -0.469 e. The molecule has 6 rings (SSSR count). The average molecular weight is 437 g/mol. The lowest BCUT2D eigenvalue weighted by molar-refractivity contribution is -0.159. The quantitative estimate of drug-likeness (QED) is 0.397. The van der Waals surface area contributed by atoms with Gasteiger partial charge in [0.1, 0.15) is 11.5 Å². The Labute approximate surface area is 192 Å². The Bertz CT molecular complexity index is 1340. The highest BCUT2D eigenvalue weighted by atomic mass is 16.7. The highest BCUT2D eigenvalue weighted by Crippen LogP contribution is 2.51. The second-order valence-electron chi connectivity index (χ2n) is 8.38. The molecule has 2 bridgehead atoms. The van der Waals surface area contributed by atoms with Crippen LogP contribution in [0.3, 0.4) is 0 Å². The largest absolute Gasteiger partial charge is 0.469 e. The summed E-state index contributed by atoms with van der Waals surface area (Å²) in [6.07, 6.45) is -0.803. The van der Waals surface area contributed by atoms with Gasteiger partial charge in [0.2, 0.25) is 0 Å². The Morgan fingerprint density at radius 3 is 2.48 bits per heavy atom. The minimum atomic E-state index is -0.803. The number of fused-ring (bicyclic) bond motifs is 7. The molecule has 0 fully saturated rings. The van der Waals surface area contributed by atoms with E-state index in [1.807, 2.05) is 60.7 Å². The predicted octanol–water partition coefficient (Wildman–Crippen LogP) is 5.49. The standard InChI is InChI=1S/C28H23NO4/c1-31-27(30)24-25-21-16-15-19-11-5-6-12-20(19)26(21)33-28(24)32-23-14-8-7-13-22(23)29(25)17-18-9-3-2-4-10-18/h2-16,24-25,28H,17H2,1H3/t24-,25+,28-/m1/s1. The fraction of sp³-hybridized carbons (Fsp3) is 0.179. The van der Waals surface area contributed by atoms with E-state index >= 15 is 0 Å². The summed E-state index contributed by atoms with van der Waals surface area (Å²) in [4.78, 5) is 15.4. The number of esters is 1. The van der Waals surface area contributed by atoms with Crippen LogP contribution in [-0.2, 0) is 16.1 Å². The van der Waals surface area contributed by atoms with Gasteiger partial charge in [-0.15, -0.1) is 0 Å². The van der Waals surface area contributed by atoms with E-state index in [9.17, 15) is 4.79 Å². The summed E-state index contributed by atoms with van der Waals surface area (Å²) < 4.78 is 18.1. The van der Waals surface area contributed by atoms with Crippen LogP contribution in [0.2, 0.25) is 0 Å². The van der Waals surface area contributed by atoms with Crippen molar-refractivity contribution in [3.63, 3.8) is 0 Å². The highest BCUT2D eigenvalue weighted by molar-refractivity contribution is 5.91. The monoisotopic (exact) mass is 437 g/mol. The minimum absolute atomic E-state index is 0.320. The third kappa shape index (κ3) is 3.20. The van der Waals surface area contributed by atoms with E-state index in [-0.39, 0.29) is 12.0 Å². The van der Waals surface area contributed by atoms with Crippen molar-refractivity contribution in [2.24, 2.45) is 5.92 Å². The number of anilines is 1. The van der Waals surface area contributed by atoms with Crippen LogP contribution in [-0.4, -0.2) is 19.4 Å². The summed E-state index contributed by atoms with van der Waals surface area (Å²) in [5.41, 5.74) is 3.02. The first-order valence-corrected chi connectivity index (χ1v) is 11.1. The molecule has 0 spiro atoms. The predicted molar refractivity (Wildman–Crippen MR) is 126 cm³/mol. The lowest BCUT2D eigenvalue weighted by atomic mass is 9.86. The van der Waals surface area contributed by atoms with Gasteiger partial charge in [0.15, 0.2) is 5.92 Å². The molecule has 0 aromatic heterocycles. The lowest BCUT2D eigenvalue weighted by Gasteiger charge is -2.41. The molecule has 4 aromatic carbocycles. The van der Waals surface area contributed by atoms with Crippen LogP contribution in [0.1, 0.15) is 17.2 Å². The van der Waals surface area contributed by atoms with E-state index in [4.69, 9.17) is 14.2 Å². The van der Waals surface area contributed by atoms with Crippen LogP contribution in [0, 0.1) is 5.92 Å². The molecule has 0 saturated carbocycles. The number of para-hydroxylation sites is 2. The molecule has 164 valence electrons. The van der Waals surface area contributed by atoms with Crippen molar-refractivity contribution in [2.45, 2.75) is 18.9 Å². The van der Waals surface area contributed by atoms with Gasteiger partial charge in [-0.1, -0.05) is 78.9 Å². The molecule has 3 atom stereocenters. The van der Waals surface area contributed by atoms with Crippen LogP contribution in [0.15, 0.2) is 91.0 Å². The Balaban J connectivity index is 1.61. The molecule has 5 nitrogen and oxygen atoms in total. The van der Waals surface area contributed by atoms with Crippen LogP contribution in [0.25, 0.3) is 10.8 Å². The van der Waals surface area contributed by atoms with E-state index in [0.717, 1.165) is 33.3 Å². The Kier molecular flexibility index (Phi) is 4.68. The first kappa shape index (κ1) is 19.7. The van der Waals surface area contributed by atoms with Crippen molar-refractivity contribution in [1.29, 1.82) is 0 Å². The molecular formula is C28H23NO4. The number of benzene rings is 4. The van der Waals surface area contributed by atoms with Gasteiger partial charge >= 0.3 is 5.97 Å². The van der Waals surface area contributed by atoms with Crippen molar-refractivity contribution in [3.8, 4) is 11.5 Å². The Morgan fingerprint density at radius 2 is 1.64 bits per heavy atom. The number of ether oxygens (including phenoxy) is 3. The zero-order valence-electron chi connectivity index (χ0n) is 18.2. The van der Waals surface area contributed by atoms with E-state index in [1.54, 1.807) is 0 Å². The van der Waals surface area contributed by atoms with Crippen molar-refractivity contribution in [1.82, 2.24) is 0 Å². The van der Waals surface area contributed by atoms with Gasteiger partial charge < -0.3 is 19.1 Å². The SMILES string of the molecule is COC(=O)[C@@H]1[C@@H]2Oc3ccccc3N(Cc3ccccc3)[C@H]1c1ccc3ccccc3c1O2. The van der Waals surface area contributed by atoms with E-state index in [2.05, 4.69) is 35.2 Å². The summed E-state index contributed by atoms with van der Waals surface area (Å²) in [5.74, 6) is 0.440. The zero-order valence-corrected chi connectivity index (χ0v) is 18.2. The Morgan fingerprint density at radius 1 is 0.879 bits per heavy atom.